The van der Waals surface area contributed by atoms with Crippen LogP contribution in [0.4, 0.5) is 11.6 Å². The van der Waals surface area contributed by atoms with E-state index in [2.05, 4.69) is 9.97 Å². The fourth-order valence-corrected chi connectivity index (χ4v) is 3.41. The molecule has 2 aromatic rings. The number of carbonyl (C=O) groups excluding carboxylic acids is 2. The van der Waals surface area contributed by atoms with E-state index in [-0.39, 0.29) is 23.8 Å². The molecule has 2 atom stereocenters. The molecule has 30 heavy (non-hydrogen) atoms. The van der Waals surface area contributed by atoms with Crippen LogP contribution in [0, 0.1) is 0 Å². The van der Waals surface area contributed by atoms with Crippen LogP contribution in [-0.4, -0.2) is 33.1 Å². The van der Waals surface area contributed by atoms with Crippen LogP contribution in [0.5, 0.6) is 0 Å². The number of anilines is 2. The smallest absolute Gasteiger partial charge is 0.340 e. The van der Waals surface area contributed by atoms with Gasteiger partial charge in [0.25, 0.3) is 0 Å². The molecular formula is C22H28N4O4. The molecular weight excluding hydrogens is 384 g/mol. The average molecular weight is 412 g/mol. The van der Waals surface area contributed by atoms with Crippen molar-refractivity contribution < 1.29 is 19.1 Å². The van der Waals surface area contributed by atoms with E-state index >= 15 is 0 Å². The molecule has 2 aliphatic heterocycles. The summed E-state index contributed by atoms with van der Waals surface area (Å²) in [5.74, 6) is 0.334. The molecule has 8 nitrogen and oxygen atoms in total. The number of carbonyl (C=O) groups is 2. The van der Waals surface area contributed by atoms with Gasteiger partial charge in [0.15, 0.2) is 0 Å². The number of rotatable bonds is 0. The number of esters is 2. The molecule has 8 heteroatoms. The second kappa shape index (κ2) is 7.27. The van der Waals surface area contributed by atoms with Gasteiger partial charge in [-0.25, -0.2) is 19.6 Å². The van der Waals surface area contributed by atoms with Gasteiger partial charge in [-0.1, -0.05) is 13.8 Å². The van der Waals surface area contributed by atoms with Gasteiger partial charge in [0.2, 0.25) is 0 Å². The number of pyridine rings is 2. The predicted molar refractivity (Wildman–Crippen MR) is 113 cm³/mol. The molecule has 0 saturated carbocycles. The van der Waals surface area contributed by atoms with Gasteiger partial charge in [0.05, 0.1) is 22.5 Å². The fraction of sp³-hybridized carbons (Fsp3) is 0.455. The number of nitrogens with two attached hydrogens (primary N) is 2. The van der Waals surface area contributed by atoms with Crippen LogP contribution >= 0.6 is 0 Å². The van der Waals surface area contributed by atoms with Crippen molar-refractivity contribution in [1.29, 1.82) is 0 Å². The summed E-state index contributed by atoms with van der Waals surface area (Å²) in [4.78, 5) is 31.7. The van der Waals surface area contributed by atoms with E-state index in [1.165, 1.54) is 0 Å². The molecule has 0 saturated heterocycles. The lowest BCUT2D eigenvalue weighted by Gasteiger charge is -2.36. The van der Waals surface area contributed by atoms with E-state index < -0.39 is 11.2 Å². The number of cyclic esters (lactones) is 2. The first kappa shape index (κ1) is 21.5. The lowest BCUT2D eigenvalue weighted by Crippen LogP contribution is -2.39. The summed E-state index contributed by atoms with van der Waals surface area (Å²) in [6.45, 7) is 11.5. The van der Waals surface area contributed by atoms with Crippen LogP contribution in [0.2, 0.25) is 0 Å². The zero-order valence-electron chi connectivity index (χ0n) is 18.1. The number of aromatic nitrogens is 2. The van der Waals surface area contributed by atoms with Gasteiger partial charge in [0, 0.05) is 11.8 Å². The molecule has 0 spiro atoms. The Kier molecular flexibility index (Phi) is 5.22. The summed E-state index contributed by atoms with van der Waals surface area (Å²) >= 11 is 0. The van der Waals surface area contributed by atoms with Crippen LogP contribution in [0.15, 0.2) is 24.3 Å². The zero-order valence-corrected chi connectivity index (χ0v) is 18.1. The maximum atomic E-state index is 11.7. The molecule has 0 bridgehead atoms. The molecule has 1 unspecified atom stereocenters. The Morgan fingerprint density at radius 3 is 1.40 bits per heavy atom. The molecule has 0 aromatic carbocycles. The van der Waals surface area contributed by atoms with Gasteiger partial charge in [-0.15, -0.1) is 0 Å². The first-order chi connectivity index (χ1) is 13.8. The van der Waals surface area contributed by atoms with Crippen molar-refractivity contribution in [3.63, 3.8) is 0 Å². The summed E-state index contributed by atoms with van der Waals surface area (Å²) in [6, 6.07) is 6.58. The number of hydrogen-bond donors (Lipinski definition) is 2. The Labute approximate surface area is 176 Å². The van der Waals surface area contributed by atoms with Gasteiger partial charge < -0.3 is 20.9 Å². The van der Waals surface area contributed by atoms with Crippen LogP contribution < -0.4 is 11.5 Å². The highest BCUT2D eigenvalue weighted by Gasteiger charge is 2.41. The van der Waals surface area contributed by atoms with E-state index in [0.717, 1.165) is 11.4 Å². The first-order valence-electron chi connectivity index (χ1n) is 9.83. The monoisotopic (exact) mass is 412 g/mol. The van der Waals surface area contributed by atoms with Crippen molar-refractivity contribution in [2.45, 2.75) is 64.6 Å². The van der Waals surface area contributed by atoms with Gasteiger partial charge in [0.1, 0.15) is 22.8 Å². The van der Waals surface area contributed by atoms with E-state index in [4.69, 9.17) is 20.9 Å². The maximum absolute atomic E-state index is 11.7. The van der Waals surface area contributed by atoms with Crippen molar-refractivity contribution in [1.82, 2.24) is 9.97 Å². The van der Waals surface area contributed by atoms with Crippen LogP contribution in [-0.2, 0) is 9.47 Å². The highest BCUT2D eigenvalue weighted by Crippen LogP contribution is 2.38. The van der Waals surface area contributed by atoms with Crippen LogP contribution in [0.1, 0.15) is 85.5 Å². The lowest BCUT2D eigenvalue weighted by molar-refractivity contribution is -0.0199. The number of fused-ring (bicyclic) bond motifs is 2. The van der Waals surface area contributed by atoms with Gasteiger partial charge >= 0.3 is 11.9 Å². The Hall–Kier alpha value is -3.16. The molecule has 4 N–H and O–H groups in total. The summed E-state index contributed by atoms with van der Waals surface area (Å²) in [7, 11) is 0. The Morgan fingerprint density at radius 2 is 1.07 bits per heavy atom. The average Bonchev–Trinajstić information content (AvgIpc) is 2.64. The van der Waals surface area contributed by atoms with E-state index in [1.54, 1.807) is 24.3 Å². The van der Waals surface area contributed by atoms with Crippen molar-refractivity contribution in [3.05, 3.63) is 46.8 Å². The third-order valence-corrected chi connectivity index (χ3v) is 5.95. The normalized spacial score (nSPS) is 23.1. The van der Waals surface area contributed by atoms with Crippen LogP contribution in [0.25, 0.3) is 0 Å². The van der Waals surface area contributed by atoms with Gasteiger partial charge in [-0.2, -0.15) is 0 Å². The summed E-state index contributed by atoms with van der Waals surface area (Å²) in [6.07, 6.45) is 0. The van der Waals surface area contributed by atoms with Crippen molar-refractivity contribution in [3.8, 4) is 0 Å². The summed E-state index contributed by atoms with van der Waals surface area (Å²) in [5.41, 5.74) is 12.7. The van der Waals surface area contributed by atoms with Gasteiger partial charge in [-0.05, 0) is 52.0 Å². The number of nitrogen functional groups attached to an aromatic ring is 2. The van der Waals surface area contributed by atoms with Crippen molar-refractivity contribution in [2.24, 2.45) is 0 Å². The largest absolute Gasteiger partial charge is 0.455 e. The zero-order chi connectivity index (χ0) is 22.4. The van der Waals surface area contributed by atoms with E-state index in [1.807, 2.05) is 41.5 Å². The maximum Gasteiger partial charge on any atom is 0.340 e. The van der Waals surface area contributed by atoms with Crippen molar-refractivity contribution >= 4 is 23.6 Å². The molecule has 0 radical (unpaired) electrons. The number of nitrogens with zero attached hydrogens (tertiary/aromatic N) is 2. The molecule has 4 heterocycles. The fourth-order valence-electron chi connectivity index (χ4n) is 3.41. The molecule has 0 amide bonds. The molecule has 160 valence electrons. The van der Waals surface area contributed by atoms with Gasteiger partial charge in [-0.3, -0.25) is 0 Å². The third-order valence-electron chi connectivity index (χ3n) is 5.95. The number of hydrogen-bond acceptors (Lipinski definition) is 8. The SMILES string of the molecule is CC1c2nc(N)ccc2C(=O)OC1(C)C.C[C@H]1c2nc(N)ccc2C(=O)OC1(C)C. The standard InChI is InChI=1S/2C11H14N2O2/c2*1-6-9-7(4-5-8(12)13-9)10(14)15-11(6,2)3/h2*4-6H,1-3H3,(H2,12,13)/t6-;/m0./s1. The van der Waals surface area contributed by atoms with E-state index in [9.17, 15) is 9.59 Å². The molecule has 0 fully saturated rings. The second-order valence-corrected chi connectivity index (χ2v) is 8.77. The minimum atomic E-state index is -0.523. The third kappa shape index (κ3) is 3.81. The number of ether oxygens (including phenoxy) is 2. The van der Waals surface area contributed by atoms with Crippen molar-refractivity contribution in [2.75, 3.05) is 11.5 Å². The summed E-state index contributed by atoms with van der Waals surface area (Å²) < 4.78 is 10.7. The Balaban J connectivity index is 0.000000171. The topological polar surface area (TPSA) is 130 Å². The predicted octanol–water partition coefficient (Wildman–Crippen LogP) is 3.43. The highest BCUT2D eigenvalue weighted by molar-refractivity contribution is 5.93. The highest BCUT2D eigenvalue weighted by atomic mass is 16.6. The van der Waals surface area contributed by atoms with Crippen LogP contribution in [0.3, 0.4) is 0 Å². The molecule has 2 aliphatic rings. The van der Waals surface area contributed by atoms with E-state index in [0.29, 0.717) is 22.8 Å². The quantitative estimate of drug-likeness (QED) is 0.629. The molecule has 2 aromatic heterocycles. The molecule has 0 aliphatic carbocycles. The molecule has 4 rings (SSSR count). The Bertz CT molecular complexity index is 935. The minimum absolute atomic E-state index is 0.0497. The second-order valence-electron chi connectivity index (χ2n) is 8.77. The Morgan fingerprint density at radius 1 is 0.733 bits per heavy atom. The first-order valence-corrected chi connectivity index (χ1v) is 9.83. The lowest BCUT2D eigenvalue weighted by atomic mass is 9.84. The summed E-state index contributed by atoms with van der Waals surface area (Å²) in [5, 5.41) is 0. The minimum Gasteiger partial charge on any atom is -0.455 e.